The Balaban J connectivity index is 2.29. The topological polar surface area (TPSA) is 70.6 Å². The monoisotopic (exact) mass is 351 g/mol. The summed E-state index contributed by atoms with van der Waals surface area (Å²) in [6.45, 7) is 0. The maximum absolute atomic E-state index is 13.9. The van der Waals surface area contributed by atoms with E-state index in [1.807, 2.05) is 30.3 Å². The van der Waals surface area contributed by atoms with Gasteiger partial charge in [-0.1, -0.05) is 51.4 Å². The van der Waals surface area contributed by atoms with Crippen LogP contribution < -0.4 is 11.1 Å². The van der Waals surface area contributed by atoms with Crippen LogP contribution in [0.5, 0.6) is 0 Å². The number of oxime groups is 1. The number of halogens is 2. The number of rotatable bonds is 5. The van der Waals surface area contributed by atoms with E-state index in [0.717, 1.165) is 10.0 Å². The van der Waals surface area contributed by atoms with Gasteiger partial charge in [-0.2, -0.15) is 0 Å². The van der Waals surface area contributed by atoms with Crippen molar-refractivity contribution in [1.82, 2.24) is 0 Å². The van der Waals surface area contributed by atoms with Crippen molar-refractivity contribution in [3.63, 3.8) is 0 Å². The molecule has 4 N–H and O–H groups in total. The molecule has 0 saturated heterocycles. The van der Waals surface area contributed by atoms with Crippen LogP contribution in [0, 0.1) is 5.82 Å². The lowest BCUT2D eigenvalue weighted by molar-refractivity contribution is 0.316. The SMILES string of the molecule is NC(CC(Nc1cc(Br)ccc1F)c1ccccc1)=NO. The first kappa shape index (κ1) is 15.3. The van der Waals surface area contributed by atoms with Crippen LogP contribution in [0.4, 0.5) is 10.1 Å². The predicted octanol–water partition coefficient (Wildman–Crippen LogP) is 3.88. The molecule has 0 radical (unpaired) electrons. The number of nitrogens with one attached hydrogen (secondary N) is 1. The summed E-state index contributed by atoms with van der Waals surface area (Å²) < 4.78 is 14.6. The number of nitrogens with two attached hydrogens (primary N) is 1. The second-order valence-corrected chi connectivity index (χ2v) is 5.44. The zero-order valence-corrected chi connectivity index (χ0v) is 12.7. The van der Waals surface area contributed by atoms with Crippen molar-refractivity contribution >= 4 is 27.5 Å². The highest BCUT2D eigenvalue weighted by Gasteiger charge is 2.15. The lowest BCUT2D eigenvalue weighted by Crippen LogP contribution is -2.21. The molecule has 0 heterocycles. The van der Waals surface area contributed by atoms with E-state index < -0.39 is 0 Å². The van der Waals surface area contributed by atoms with Crippen LogP contribution in [0.15, 0.2) is 58.2 Å². The number of hydrogen-bond donors (Lipinski definition) is 3. The van der Waals surface area contributed by atoms with Crippen molar-refractivity contribution in [2.75, 3.05) is 5.32 Å². The van der Waals surface area contributed by atoms with E-state index in [-0.39, 0.29) is 24.1 Å². The fourth-order valence-corrected chi connectivity index (χ4v) is 2.34. The second kappa shape index (κ2) is 7.08. The average Bonchev–Trinajstić information content (AvgIpc) is 2.51. The quantitative estimate of drug-likeness (QED) is 0.331. The fraction of sp³-hybridized carbons (Fsp3) is 0.133. The molecule has 0 bridgehead atoms. The van der Waals surface area contributed by atoms with Gasteiger partial charge in [-0.3, -0.25) is 0 Å². The number of amidine groups is 1. The Kier molecular flexibility index (Phi) is 5.16. The summed E-state index contributed by atoms with van der Waals surface area (Å²) in [5, 5.41) is 14.8. The van der Waals surface area contributed by atoms with Crippen LogP contribution in [-0.2, 0) is 0 Å². The van der Waals surface area contributed by atoms with Crippen LogP contribution in [0.2, 0.25) is 0 Å². The minimum absolute atomic E-state index is 0.0757. The van der Waals surface area contributed by atoms with Gasteiger partial charge in [0.05, 0.1) is 11.7 Å². The van der Waals surface area contributed by atoms with Gasteiger partial charge >= 0.3 is 0 Å². The van der Waals surface area contributed by atoms with Gasteiger partial charge in [0.2, 0.25) is 0 Å². The Morgan fingerprint density at radius 1 is 1.29 bits per heavy atom. The Morgan fingerprint density at radius 3 is 2.67 bits per heavy atom. The third-order valence-electron chi connectivity index (χ3n) is 3.00. The van der Waals surface area contributed by atoms with E-state index in [4.69, 9.17) is 10.9 Å². The molecule has 2 rings (SSSR count). The molecule has 0 amide bonds. The summed E-state index contributed by atoms with van der Waals surface area (Å²) in [5.74, 6) is -0.287. The molecular formula is C15H15BrFN3O. The number of nitrogens with zero attached hydrogens (tertiary/aromatic N) is 1. The van der Waals surface area contributed by atoms with E-state index in [1.54, 1.807) is 12.1 Å². The normalized spacial score (nSPS) is 13.0. The molecule has 110 valence electrons. The van der Waals surface area contributed by atoms with Crippen molar-refractivity contribution in [3.05, 3.63) is 64.4 Å². The highest BCUT2D eigenvalue weighted by molar-refractivity contribution is 9.10. The zero-order chi connectivity index (χ0) is 15.2. The van der Waals surface area contributed by atoms with Crippen molar-refractivity contribution < 1.29 is 9.60 Å². The zero-order valence-electron chi connectivity index (χ0n) is 11.1. The molecule has 4 nitrogen and oxygen atoms in total. The standard InChI is InChI=1S/C15H15BrFN3O/c16-11-6-7-12(17)14(8-11)19-13(9-15(18)20-21)10-4-2-1-3-5-10/h1-8,13,19,21H,9H2,(H2,18,20). The molecule has 0 aromatic heterocycles. The summed E-state index contributed by atoms with van der Waals surface area (Å²) in [7, 11) is 0. The molecule has 0 aliphatic carbocycles. The molecule has 2 aromatic carbocycles. The van der Waals surface area contributed by atoms with Gasteiger partial charge in [-0.05, 0) is 23.8 Å². The highest BCUT2D eigenvalue weighted by atomic mass is 79.9. The summed E-state index contributed by atoms with van der Waals surface area (Å²) in [4.78, 5) is 0. The number of anilines is 1. The minimum atomic E-state index is -0.362. The van der Waals surface area contributed by atoms with E-state index in [1.165, 1.54) is 6.07 Å². The molecule has 0 fully saturated rings. The van der Waals surface area contributed by atoms with Gasteiger partial charge in [0.25, 0.3) is 0 Å². The largest absolute Gasteiger partial charge is 0.409 e. The number of benzene rings is 2. The van der Waals surface area contributed by atoms with Crippen molar-refractivity contribution in [2.24, 2.45) is 10.9 Å². The molecule has 0 saturated carbocycles. The number of hydrogen-bond acceptors (Lipinski definition) is 3. The molecule has 1 unspecified atom stereocenters. The van der Waals surface area contributed by atoms with Gasteiger partial charge in [0.1, 0.15) is 11.7 Å². The molecule has 21 heavy (non-hydrogen) atoms. The first-order chi connectivity index (χ1) is 10.1. The third-order valence-corrected chi connectivity index (χ3v) is 3.50. The smallest absolute Gasteiger partial charge is 0.146 e. The van der Waals surface area contributed by atoms with Gasteiger partial charge < -0.3 is 16.3 Å². The lowest BCUT2D eigenvalue weighted by Gasteiger charge is -2.20. The van der Waals surface area contributed by atoms with Crippen molar-refractivity contribution in [3.8, 4) is 0 Å². The Hall–Kier alpha value is -2.08. The first-order valence-electron chi connectivity index (χ1n) is 6.33. The Bertz CT molecular complexity index is 634. The lowest BCUT2D eigenvalue weighted by atomic mass is 10.0. The van der Waals surface area contributed by atoms with Gasteiger partial charge in [0.15, 0.2) is 0 Å². The Labute approximate surface area is 130 Å². The average molecular weight is 352 g/mol. The van der Waals surface area contributed by atoms with E-state index in [9.17, 15) is 4.39 Å². The predicted molar refractivity (Wildman–Crippen MR) is 84.9 cm³/mol. The van der Waals surface area contributed by atoms with Gasteiger partial charge in [-0.25, -0.2) is 4.39 Å². The van der Waals surface area contributed by atoms with E-state index >= 15 is 0 Å². The van der Waals surface area contributed by atoms with Gasteiger partial charge in [-0.15, -0.1) is 0 Å². The molecule has 1 atom stereocenters. The van der Waals surface area contributed by atoms with E-state index in [0.29, 0.717) is 5.69 Å². The maximum Gasteiger partial charge on any atom is 0.146 e. The molecular weight excluding hydrogens is 337 g/mol. The summed E-state index contributed by atoms with van der Waals surface area (Å²) >= 11 is 3.31. The molecule has 0 aliphatic rings. The van der Waals surface area contributed by atoms with Crippen molar-refractivity contribution in [2.45, 2.75) is 12.5 Å². The Morgan fingerprint density at radius 2 is 2.00 bits per heavy atom. The summed E-state index contributed by atoms with van der Waals surface area (Å²) in [5.41, 5.74) is 6.86. The maximum atomic E-state index is 13.9. The first-order valence-corrected chi connectivity index (χ1v) is 7.12. The van der Waals surface area contributed by atoms with Crippen LogP contribution in [0.3, 0.4) is 0 Å². The van der Waals surface area contributed by atoms with Crippen LogP contribution in [-0.4, -0.2) is 11.0 Å². The fourth-order valence-electron chi connectivity index (χ4n) is 1.98. The van der Waals surface area contributed by atoms with Crippen LogP contribution >= 0.6 is 15.9 Å². The minimum Gasteiger partial charge on any atom is -0.409 e. The van der Waals surface area contributed by atoms with Crippen LogP contribution in [0.1, 0.15) is 18.0 Å². The molecule has 6 heteroatoms. The summed E-state index contributed by atoms with van der Waals surface area (Å²) in [6, 6.07) is 13.8. The van der Waals surface area contributed by atoms with Gasteiger partial charge in [0, 0.05) is 10.9 Å². The highest BCUT2D eigenvalue weighted by Crippen LogP contribution is 2.26. The van der Waals surface area contributed by atoms with Crippen molar-refractivity contribution in [1.29, 1.82) is 0 Å². The molecule has 0 aliphatic heterocycles. The summed E-state index contributed by atoms with van der Waals surface area (Å²) in [6.07, 6.45) is 0.256. The van der Waals surface area contributed by atoms with E-state index in [2.05, 4.69) is 26.4 Å². The molecule has 0 spiro atoms. The van der Waals surface area contributed by atoms with Crippen LogP contribution in [0.25, 0.3) is 0 Å². The molecule has 2 aromatic rings. The third kappa shape index (κ3) is 4.19. The second-order valence-electron chi connectivity index (χ2n) is 4.53.